The zero-order chi connectivity index (χ0) is 19.8. The highest BCUT2D eigenvalue weighted by Gasteiger charge is 2.35. The number of anilines is 2. The molecule has 1 aliphatic heterocycles. The van der Waals surface area contributed by atoms with Crippen LogP contribution >= 0.6 is 0 Å². The number of hydrogen-bond donors (Lipinski definition) is 1. The second kappa shape index (κ2) is 6.96. The molecule has 3 aromatic rings. The van der Waals surface area contributed by atoms with E-state index in [-0.39, 0.29) is 18.2 Å². The Morgan fingerprint density at radius 2 is 1.82 bits per heavy atom. The lowest BCUT2D eigenvalue weighted by Gasteiger charge is -2.17. The summed E-state index contributed by atoms with van der Waals surface area (Å²) in [5.41, 5.74) is 3.26. The molecule has 0 radical (unpaired) electrons. The van der Waals surface area contributed by atoms with E-state index in [0.29, 0.717) is 17.8 Å². The highest BCUT2D eigenvalue weighted by atomic mass is 16.4. The highest BCUT2D eigenvalue weighted by molar-refractivity contribution is 6.04. The van der Waals surface area contributed by atoms with Gasteiger partial charge in [-0.05, 0) is 43.7 Å². The SMILES string of the molecule is Cc1ccc(N2C[C@@H](C(=O)Nc3ccc4c(C)cc(=O)oc4c3)CC2=O)cc1. The zero-order valence-corrected chi connectivity index (χ0v) is 15.7. The molecule has 1 aromatic heterocycles. The smallest absolute Gasteiger partial charge is 0.336 e. The van der Waals surface area contributed by atoms with Gasteiger partial charge >= 0.3 is 5.63 Å². The number of carbonyl (C=O) groups excluding carboxylic acids is 2. The molecule has 0 saturated carbocycles. The highest BCUT2D eigenvalue weighted by Crippen LogP contribution is 2.27. The number of fused-ring (bicyclic) bond motifs is 1. The third-order valence-corrected chi connectivity index (χ3v) is 5.06. The van der Waals surface area contributed by atoms with Crippen molar-refractivity contribution in [1.82, 2.24) is 0 Å². The molecular weight excluding hydrogens is 356 g/mol. The first-order chi connectivity index (χ1) is 13.4. The molecule has 1 aliphatic rings. The molecule has 1 saturated heterocycles. The molecule has 1 atom stereocenters. The minimum absolute atomic E-state index is 0.0656. The fourth-order valence-electron chi connectivity index (χ4n) is 3.50. The summed E-state index contributed by atoms with van der Waals surface area (Å²) in [7, 11) is 0. The van der Waals surface area contributed by atoms with Crippen molar-refractivity contribution in [2.24, 2.45) is 5.92 Å². The van der Waals surface area contributed by atoms with Crippen LogP contribution in [-0.2, 0) is 9.59 Å². The molecule has 2 heterocycles. The second-order valence-electron chi connectivity index (χ2n) is 7.19. The number of carbonyl (C=O) groups is 2. The average molecular weight is 376 g/mol. The lowest BCUT2D eigenvalue weighted by Crippen LogP contribution is -2.28. The number of hydrogen-bond acceptors (Lipinski definition) is 4. The van der Waals surface area contributed by atoms with Crippen molar-refractivity contribution in [2.45, 2.75) is 20.3 Å². The molecular formula is C22H20N2O4. The predicted octanol–water partition coefficient (Wildman–Crippen LogP) is 3.40. The quantitative estimate of drug-likeness (QED) is 0.711. The molecule has 6 heteroatoms. The largest absolute Gasteiger partial charge is 0.423 e. The number of nitrogens with zero attached hydrogens (tertiary/aromatic N) is 1. The van der Waals surface area contributed by atoms with Crippen LogP contribution in [0.3, 0.4) is 0 Å². The number of aryl methyl sites for hydroxylation is 2. The Morgan fingerprint density at radius 1 is 1.07 bits per heavy atom. The van der Waals surface area contributed by atoms with Crippen molar-refractivity contribution >= 4 is 34.2 Å². The summed E-state index contributed by atoms with van der Waals surface area (Å²) < 4.78 is 5.22. The Hall–Kier alpha value is -3.41. The van der Waals surface area contributed by atoms with Gasteiger partial charge in [-0.15, -0.1) is 0 Å². The van der Waals surface area contributed by atoms with Crippen LogP contribution in [0.4, 0.5) is 11.4 Å². The number of nitrogens with one attached hydrogen (secondary N) is 1. The first-order valence-electron chi connectivity index (χ1n) is 9.13. The first-order valence-corrected chi connectivity index (χ1v) is 9.13. The van der Waals surface area contributed by atoms with Crippen LogP contribution in [0.15, 0.2) is 57.7 Å². The average Bonchev–Trinajstić information content (AvgIpc) is 3.04. The van der Waals surface area contributed by atoms with Gasteiger partial charge in [0.25, 0.3) is 0 Å². The van der Waals surface area contributed by atoms with Crippen LogP contribution in [0.5, 0.6) is 0 Å². The van der Waals surface area contributed by atoms with E-state index in [1.807, 2.05) is 44.2 Å². The van der Waals surface area contributed by atoms with Gasteiger partial charge in [0.2, 0.25) is 11.8 Å². The van der Waals surface area contributed by atoms with E-state index in [9.17, 15) is 14.4 Å². The summed E-state index contributed by atoms with van der Waals surface area (Å²) in [6.07, 6.45) is 0.168. The van der Waals surface area contributed by atoms with Gasteiger partial charge in [0.15, 0.2) is 0 Å². The maximum Gasteiger partial charge on any atom is 0.336 e. The summed E-state index contributed by atoms with van der Waals surface area (Å²) in [6, 6.07) is 14.3. The minimum Gasteiger partial charge on any atom is -0.423 e. The second-order valence-corrected chi connectivity index (χ2v) is 7.19. The Balaban J connectivity index is 1.51. The molecule has 1 fully saturated rings. The van der Waals surface area contributed by atoms with Gasteiger partial charge in [0.1, 0.15) is 5.58 Å². The third kappa shape index (κ3) is 3.41. The molecule has 0 aliphatic carbocycles. The molecule has 1 N–H and O–H groups in total. The van der Waals surface area contributed by atoms with Crippen LogP contribution in [0.2, 0.25) is 0 Å². The fourth-order valence-corrected chi connectivity index (χ4v) is 3.50. The van der Waals surface area contributed by atoms with E-state index in [1.54, 1.807) is 17.0 Å². The van der Waals surface area contributed by atoms with Gasteiger partial charge in [-0.25, -0.2) is 4.79 Å². The first kappa shape index (κ1) is 18.0. The normalized spacial score (nSPS) is 16.6. The van der Waals surface area contributed by atoms with E-state index < -0.39 is 11.5 Å². The molecule has 6 nitrogen and oxygen atoms in total. The van der Waals surface area contributed by atoms with Crippen molar-refractivity contribution in [3.05, 3.63) is 70.1 Å². The van der Waals surface area contributed by atoms with Crippen molar-refractivity contribution in [3.63, 3.8) is 0 Å². The summed E-state index contributed by atoms with van der Waals surface area (Å²) in [6.45, 7) is 4.16. The molecule has 0 unspecified atom stereocenters. The molecule has 0 spiro atoms. The molecule has 142 valence electrons. The Bertz CT molecular complexity index is 1130. The lowest BCUT2D eigenvalue weighted by atomic mass is 10.1. The molecule has 4 rings (SSSR count). The lowest BCUT2D eigenvalue weighted by molar-refractivity contribution is -0.122. The van der Waals surface area contributed by atoms with E-state index in [2.05, 4.69) is 5.32 Å². The van der Waals surface area contributed by atoms with Crippen LogP contribution < -0.4 is 15.8 Å². The predicted molar refractivity (Wildman–Crippen MR) is 107 cm³/mol. The van der Waals surface area contributed by atoms with Crippen LogP contribution in [0.1, 0.15) is 17.5 Å². The molecule has 2 amide bonds. The third-order valence-electron chi connectivity index (χ3n) is 5.06. The summed E-state index contributed by atoms with van der Waals surface area (Å²) in [5, 5.41) is 3.66. The van der Waals surface area contributed by atoms with Gasteiger partial charge in [0.05, 0.1) is 5.92 Å². The molecule has 0 bridgehead atoms. The topological polar surface area (TPSA) is 79.6 Å². The standard InChI is InChI=1S/C22H20N2O4/c1-13-3-6-17(7-4-13)24-12-15(10-20(24)25)22(27)23-16-5-8-18-14(2)9-21(26)28-19(18)11-16/h3-9,11,15H,10,12H2,1-2H3,(H,23,27)/t15-/m0/s1. The Labute approximate surface area is 161 Å². The van der Waals surface area contributed by atoms with Gasteiger partial charge < -0.3 is 14.6 Å². The van der Waals surface area contributed by atoms with E-state index >= 15 is 0 Å². The molecule has 2 aromatic carbocycles. The van der Waals surface area contributed by atoms with E-state index in [0.717, 1.165) is 22.2 Å². The number of rotatable bonds is 3. The van der Waals surface area contributed by atoms with Gasteiger partial charge in [-0.3, -0.25) is 9.59 Å². The van der Waals surface area contributed by atoms with E-state index in [4.69, 9.17) is 4.42 Å². The zero-order valence-electron chi connectivity index (χ0n) is 15.7. The van der Waals surface area contributed by atoms with Crippen LogP contribution in [-0.4, -0.2) is 18.4 Å². The minimum atomic E-state index is -0.436. The van der Waals surface area contributed by atoms with Gasteiger partial charge in [-0.2, -0.15) is 0 Å². The van der Waals surface area contributed by atoms with E-state index in [1.165, 1.54) is 6.07 Å². The van der Waals surface area contributed by atoms with Gasteiger partial charge in [0, 0.05) is 41.9 Å². The Kier molecular flexibility index (Phi) is 4.47. The maximum absolute atomic E-state index is 12.7. The van der Waals surface area contributed by atoms with Crippen molar-refractivity contribution in [1.29, 1.82) is 0 Å². The maximum atomic E-state index is 12.7. The molecule has 28 heavy (non-hydrogen) atoms. The number of benzene rings is 2. The van der Waals surface area contributed by atoms with Crippen molar-refractivity contribution in [2.75, 3.05) is 16.8 Å². The summed E-state index contributed by atoms with van der Waals surface area (Å²) in [4.78, 5) is 38.3. The van der Waals surface area contributed by atoms with Crippen molar-refractivity contribution in [3.8, 4) is 0 Å². The fraction of sp³-hybridized carbons (Fsp3) is 0.227. The van der Waals surface area contributed by atoms with Crippen molar-refractivity contribution < 1.29 is 14.0 Å². The number of amides is 2. The van der Waals surface area contributed by atoms with Gasteiger partial charge in [-0.1, -0.05) is 17.7 Å². The Morgan fingerprint density at radius 3 is 2.57 bits per heavy atom. The summed E-state index contributed by atoms with van der Waals surface area (Å²) >= 11 is 0. The van der Waals surface area contributed by atoms with Crippen LogP contribution in [0, 0.1) is 19.8 Å². The monoisotopic (exact) mass is 376 g/mol. The van der Waals surface area contributed by atoms with Crippen LogP contribution in [0.25, 0.3) is 11.0 Å². The summed E-state index contributed by atoms with van der Waals surface area (Å²) in [5.74, 6) is -0.726.